The molecule has 1 amide bonds. The molecule has 0 unspecified atom stereocenters. The summed E-state index contributed by atoms with van der Waals surface area (Å²) in [7, 11) is 0. The second kappa shape index (κ2) is 6.74. The van der Waals surface area contributed by atoms with E-state index in [4.69, 9.17) is 0 Å². The van der Waals surface area contributed by atoms with E-state index in [1.165, 1.54) is 18.2 Å². The number of halogens is 1. The number of aromatic hydroxyl groups is 2. The van der Waals surface area contributed by atoms with Gasteiger partial charge in [0, 0.05) is 6.54 Å². The van der Waals surface area contributed by atoms with Crippen LogP contribution in [0.1, 0.15) is 11.1 Å². The van der Waals surface area contributed by atoms with E-state index in [1.54, 1.807) is 24.3 Å². The van der Waals surface area contributed by atoms with Crippen LogP contribution in [0.25, 0.3) is 0 Å². The van der Waals surface area contributed by atoms with Crippen molar-refractivity contribution in [2.75, 3.05) is 6.54 Å². The molecule has 5 heteroatoms. The maximum Gasteiger partial charge on any atom is 0.224 e. The Balaban J connectivity index is 1.82. The van der Waals surface area contributed by atoms with Crippen LogP contribution in [0.3, 0.4) is 0 Å². The van der Waals surface area contributed by atoms with Crippen LogP contribution in [0, 0.1) is 5.82 Å². The van der Waals surface area contributed by atoms with Crippen LogP contribution in [0.5, 0.6) is 11.5 Å². The fraction of sp³-hybridized carbons (Fsp3) is 0.188. The van der Waals surface area contributed by atoms with Crippen molar-refractivity contribution in [2.24, 2.45) is 0 Å². The minimum Gasteiger partial charge on any atom is -0.504 e. The molecule has 0 atom stereocenters. The average molecular weight is 289 g/mol. The molecule has 0 heterocycles. The molecular weight excluding hydrogens is 273 g/mol. The standard InChI is InChI=1S/C16H16FNO3/c17-13-4-2-1-3-12(13)10-16(21)18-8-7-11-5-6-14(19)15(20)9-11/h1-6,9,19-20H,7-8,10H2,(H,18,21). The van der Waals surface area contributed by atoms with Gasteiger partial charge in [0.05, 0.1) is 6.42 Å². The lowest BCUT2D eigenvalue weighted by molar-refractivity contribution is -0.120. The minimum atomic E-state index is -0.392. The summed E-state index contributed by atoms with van der Waals surface area (Å²) in [6.45, 7) is 0.373. The number of phenolic OH excluding ortho intramolecular Hbond substituents is 2. The van der Waals surface area contributed by atoms with Crippen LogP contribution in [0.4, 0.5) is 4.39 Å². The van der Waals surface area contributed by atoms with Crippen LogP contribution in [-0.4, -0.2) is 22.7 Å². The summed E-state index contributed by atoms with van der Waals surface area (Å²) in [6, 6.07) is 10.7. The molecule has 0 aliphatic heterocycles. The normalized spacial score (nSPS) is 10.3. The molecule has 0 saturated carbocycles. The molecule has 3 N–H and O–H groups in total. The summed E-state index contributed by atoms with van der Waals surface area (Å²) in [5.41, 5.74) is 1.15. The molecular formula is C16H16FNO3. The molecule has 0 aromatic heterocycles. The molecule has 0 saturated heterocycles. The maximum absolute atomic E-state index is 13.4. The van der Waals surface area contributed by atoms with E-state index in [2.05, 4.69) is 5.32 Å². The third-order valence-electron chi connectivity index (χ3n) is 3.08. The summed E-state index contributed by atoms with van der Waals surface area (Å²) in [5, 5.41) is 21.2. The smallest absolute Gasteiger partial charge is 0.224 e. The van der Waals surface area contributed by atoms with Crippen molar-refractivity contribution in [3.63, 3.8) is 0 Å². The first-order chi connectivity index (χ1) is 10.1. The van der Waals surface area contributed by atoms with Gasteiger partial charge in [-0.1, -0.05) is 24.3 Å². The first-order valence-corrected chi connectivity index (χ1v) is 6.57. The molecule has 0 aliphatic rings. The number of carbonyl (C=O) groups is 1. The van der Waals surface area contributed by atoms with Gasteiger partial charge in [-0.15, -0.1) is 0 Å². The van der Waals surface area contributed by atoms with E-state index in [1.807, 2.05) is 0 Å². The van der Waals surface area contributed by atoms with Crippen molar-refractivity contribution < 1.29 is 19.4 Å². The molecule has 0 fully saturated rings. The van der Waals surface area contributed by atoms with Crippen LogP contribution in [0.2, 0.25) is 0 Å². The zero-order valence-electron chi connectivity index (χ0n) is 11.3. The van der Waals surface area contributed by atoms with Crippen molar-refractivity contribution in [1.29, 1.82) is 0 Å². The van der Waals surface area contributed by atoms with E-state index in [-0.39, 0.29) is 23.8 Å². The van der Waals surface area contributed by atoms with Crippen molar-refractivity contribution in [1.82, 2.24) is 5.32 Å². The highest BCUT2D eigenvalue weighted by Gasteiger charge is 2.07. The van der Waals surface area contributed by atoms with Crippen molar-refractivity contribution in [3.8, 4) is 11.5 Å². The average Bonchev–Trinajstić information content (AvgIpc) is 2.45. The number of phenols is 2. The molecule has 4 nitrogen and oxygen atoms in total. The quantitative estimate of drug-likeness (QED) is 0.739. The highest BCUT2D eigenvalue weighted by Crippen LogP contribution is 2.24. The lowest BCUT2D eigenvalue weighted by atomic mass is 10.1. The zero-order chi connectivity index (χ0) is 15.2. The van der Waals surface area contributed by atoms with E-state index in [0.29, 0.717) is 18.5 Å². The Hall–Kier alpha value is -2.56. The molecule has 2 rings (SSSR count). The maximum atomic E-state index is 13.4. The van der Waals surface area contributed by atoms with Gasteiger partial charge in [-0.25, -0.2) is 4.39 Å². The number of hydrogen-bond acceptors (Lipinski definition) is 3. The second-order valence-electron chi connectivity index (χ2n) is 4.69. The highest BCUT2D eigenvalue weighted by molar-refractivity contribution is 5.78. The van der Waals surface area contributed by atoms with Gasteiger partial charge in [0.2, 0.25) is 5.91 Å². The summed E-state index contributed by atoms with van der Waals surface area (Å²) in [6.07, 6.45) is 0.504. The number of rotatable bonds is 5. The van der Waals surface area contributed by atoms with Gasteiger partial charge in [-0.2, -0.15) is 0 Å². The first-order valence-electron chi connectivity index (χ1n) is 6.57. The number of carbonyl (C=O) groups excluding carboxylic acids is 1. The SMILES string of the molecule is O=C(Cc1ccccc1F)NCCc1ccc(O)c(O)c1. The van der Waals surface area contributed by atoms with Gasteiger partial charge in [0.1, 0.15) is 5.82 Å². The Labute approximate surface area is 121 Å². The van der Waals surface area contributed by atoms with Gasteiger partial charge in [-0.3, -0.25) is 4.79 Å². The van der Waals surface area contributed by atoms with Gasteiger partial charge in [0.25, 0.3) is 0 Å². The van der Waals surface area contributed by atoms with Crippen LogP contribution >= 0.6 is 0 Å². The molecule has 0 bridgehead atoms. The largest absolute Gasteiger partial charge is 0.504 e. The lowest BCUT2D eigenvalue weighted by Gasteiger charge is -2.07. The predicted molar refractivity (Wildman–Crippen MR) is 76.6 cm³/mol. The van der Waals surface area contributed by atoms with Crippen molar-refractivity contribution in [3.05, 3.63) is 59.4 Å². The molecule has 0 aliphatic carbocycles. The molecule has 0 spiro atoms. The Kier molecular flexibility index (Phi) is 4.77. The summed E-state index contributed by atoms with van der Waals surface area (Å²) in [4.78, 5) is 11.7. The Bertz CT molecular complexity index is 643. The van der Waals surface area contributed by atoms with Crippen molar-refractivity contribution in [2.45, 2.75) is 12.8 Å². The number of amides is 1. The third kappa shape index (κ3) is 4.21. The van der Waals surface area contributed by atoms with Gasteiger partial charge in [-0.05, 0) is 35.7 Å². The Morgan fingerprint density at radius 1 is 1.10 bits per heavy atom. The Morgan fingerprint density at radius 3 is 2.57 bits per heavy atom. The summed E-state index contributed by atoms with van der Waals surface area (Å²) in [5.74, 6) is -1.02. The third-order valence-corrected chi connectivity index (χ3v) is 3.08. The van der Waals surface area contributed by atoms with Gasteiger partial charge in [0.15, 0.2) is 11.5 Å². The van der Waals surface area contributed by atoms with E-state index >= 15 is 0 Å². The lowest BCUT2D eigenvalue weighted by Crippen LogP contribution is -2.27. The topological polar surface area (TPSA) is 69.6 Å². The molecule has 0 radical (unpaired) electrons. The zero-order valence-corrected chi connectivity index (χ0v) is 11.3. The monoisotopic (exact) mass is 289 g/mol. The summed E-state index contributed by atoms with van der Waals surface area (Å²) < 4.78 is 13.4. The number of nitrogens with one attached hydrogen (secondary N) is 1. The minimum absolute atomic E-state index is 0.00645. The first kappa shape index (κ1) is 14.8. The van der Waals surface area contributed by atoms with Gasteiger partial charge < -0.3 is 15.5 Å². The van der Waals surface area contributed by atoms with E-state index < -0.39 is 5.82 Å². The fourth-order valence-electron chi connectivity index (χ4n) is 1.95. The van der Waals surface area contributed by atoms with E-state index in [9.17, 15) is 19.4 Å². The number of hydrogen-bond donors (Lipinski definition) is 3. The fourth-order valence-corrected chi connectivity index (χ4v) is 1.95. The van der Waals surface area contributed by atoms with Crippen LogP contribution < -0.4 is 5.32 Å². The molecule has 2 aromatic carbocycles. The van der Waals surface area contributed by atoms with Gasteiger partial charge >= 0.3 is 0 Å². The molecule has 2 aromatic rings. The van der Waals surface area contributed by atoms with Crippen molar-refractivity contribution >= 4 is 5.91 Å². The second-order valence-corrected chi connectivity index (χ2v) is 4.69. The predicted octanol–water partition coefficient (Wildman–Crippen LogP) is 2.14. The van der Waals surface area contributed by atoms with Crippen LogP contribution in [0.15, 0.2) is 42.5 Å². The Morgan fingerprint density at radius 2 is 1.86 bits per heavy atom. The molecule has 21 heavy (non-hydrogen) atoms. The number of benzene rings is 2. The van der Waals surface area contributed by atoms with Crippen LogP contribution in [-0.2, 0) is 17.6 Å². The van der Waals surface area contributed by atoms with E-state index in [0.717, 1.165) is 5.56 Å². The molecule has 110 valence electrons. The highest BCUT2D eigenvalue weighted by atomic mass is 19.1. The summed E-state index contributed by atoms with van der Waals surface area (Å²) >= 11 is 0.